The molecule has 92 valence electrons. The number of rotatable bonds is 3. The van der Waals surface area contributed by atoms with E-state index in [4.69, 9.17) is 0 Å². The summed E-state index contributed by atoms with van der Waals surface area (Å²) in [5.74, 6) is -2.51. The van der Waals surface area contributed by atoms with Gasteiger partial charge in [-0.15, -0.1) is 0 Å². The number of hydrogen-bond donors (Lipinski definition) is 1. The fraction of sp³-hybridized carbons (Fsp3) is 0.909. The Morgan fingerprint density at radius 3 is 2.25 bits per heavy atom. The smallest absolute Gasteiger partial charge is 0.251 e. The molecule has 0 radical (unpaired) electrons. The summed E-state index contributed by atoms with van der Waals surface area (Å²) in [7, 11) is 1.82. The third-order valence-electron chi connectivity index (χ3n) is 3.60. The van der Waals surface area contributed by atoms with Crippen LogP contribution in [0.15, 0.2) is 0 Å². The summed E-state index contributed by atoms with van der Waals surface area (Å²) in [6.07, 6.45) is 1.40. The van der Waals surface area contributed by atoms with Crippen LogP contribution in [0.5, 0.6) is 0 Å². The van der Waals surface area contributed by atoms with Crippen LogP contribution in [0.4, 0.5) is 8.78 Å². The van der Waals surface area contributed by atoms with Gasteiger partial charge in [-0.25, -0.2) is 8.78 Å². The van der Waals surface area contributed by atoms with E-state index < -0.39 is 5.92 Å². The number of nitrogens with zero attached hydrogens (tertiary/aromatic N) is 1. The minimum atomic E-state index is -2.57. The molecule has 1 amide bonds. The monoisotopic (exact) mass is 232 g/mol. The quantitative estimate of drug-likeness (QED) is 0.794. The van der Waals surface area contributed by atoms with Gasteiger partial charge in [0.1, 0.15) is 0 Å². The highest BCUT2D eigenvalue weighted by atomic mass is 19.3. The molecule has 1 saturated carbocycles. The van der Waals surface area contributed by atoms with Gasteiger partial charge in [0.15, 0.2) is 0 Å². The van der Waals surface area contributed by atoms with Crippen molar-refractivity contribution in [3.8, 4) is 0 Å². The molecule has 2 rings (SSSR count). The molecule has 3 nitrogen and oxygen atoms in total. The molecular formula is C11H18F2N2O. The maximum atomic E-state index is 13.0. The van der Waals surface area contributed by atoms with E-state index in [0.717, 1.165) is 12.8 Å². The molecule has 0 unspecified atom stereocenters. The molecule has 1 aliphatic heterocycles. The van der Waals surface area contributed by atoms with Gasteiger partial charge in [0.25, 0.3) is 5.92 Å². The van der Waals surface area contributed by atoms with E-state index in [0.29, 0.717) is 6.54 Å². The lowest BCUT2D eigenvalue weighted by atomic mass is 10.0. The minimum absolute atomic E-state index is 0.0670. The van der Waals surface area contributed by atoms with Gasteiger partial charge in [-0.1, -0.05) is 0 Å². The summed E-state index contributed by atoms with van der Waals surface area (Å²) in [6.45, 7) is 1.08. The molecule has 0 bridgehead atoms. The van der Waals surface area contributed by atoms with Crippen LogP contribution >= 0.6 is 0 Å². The third-order valence-corrected chi connectivity index (χ3v) is 3.60. The number of nitrogens with one attached hydrogen (secondary N) is 1. The van der Waals surface area contributed by atoms with Gasteiger partial charge < -0.3 is 10.2 Å². The number of amides is 1. The number of carbonyl (C=O) groups excluding carboxylic acids is 1. The lowest BCUT2D eigenvalue weighted by Gasteiger charge is -2.34. The Morgan fingerprint density at radius 1 is 1.25 bits per heavy atom. The molecule has 0 aromatic carbocycles. The number of piperidine rings is 1. The molecule has 16 heavy (non-hydrogen) atoms. The first-order chi connectivity index (χ1) is 7.49. The maximum absolute atomic E-state index is 13.0. The minimum Gasteiger partial charge on any atom is -0.342 e. The Labute approximate surface area is 94.2 Å². The van der Waals surface area contributed by atoms with Gasteiger partial charge >= 0.3 is 0 Å². The Hall–Kier alpha value is -0.710. The summed E-state index contributed by atoms with van der Waals surface area (Å²) in [5, 5.41) is 3.01. The highest BCUT2D eigenvalue weighted by Crippen LogP contribution is 2.47. The standard InChI is InChI=1S/C11H18F2N2O/c1-14-8-10(2-3-10)9(16)15-6-4-11(12,13)5-7-15/h14H,2-8H2,1H3. The molecule has 2 aliphatic rings. The van der Waals surface area contributed by atoms with Crippen LogP contribution in [-0.4, -0.2) is 43.4 Å². The Kier molecular flexibility index (Phi) is 2.90. The average Bonchev–Trinajstić information content (AvgIpc) is 2.99. The third kappa shape index (κ3) is 2.19. The first-order valence-electron chi connectivity index (χ1n) is 5.81. The number of likely N-dealkylation sites (tertiary alicyclic amines) is 1. The number of alkyl halides is 2. The first kappa shape index (κ1) is 11.8. The fourth-order valence-electron chi connectivity index (χ4n) is 2.33. The Morgan fingerprint density at radius 2 is 1.81 bits per heavy atom. The van der Waals surface area contributed by atoms with Crippen LogP contribution in [0.25, 0.3) is 0 Å². The van der Waals surface area contributed by atoms with Gasteiger partial charge in [-0.05, 0) is 19.9 Å². The van der Waals surface area contributed by atoms with Gasteiger partial charge in [0.2, 0.25) is 5.91 Å². The van der Waals surface area contributed by atoms with Crippen LogP contribution in [0.1, 0.15) is 25.7 Å². The van der Waals surface area contributed by atoms with Crippen molar-refractivity contribution in [1.29, 1.82) is 0 Å². The van der Waals surface area contributed by atoms with Crippen molar-refractivity contribution in [2.45, 2.75) is 31.6 Å². The van der Waals surface area contributed by atoms with Crippen LogP contribution in [0.2, 0.25) is 0 Å². The van der Waals surface area contributed by atoms with Crippen molar-refractivity contribution in [3.05, 3.63) is 0 Å². The Balaban J connectivity index is 1.92. The normalized spacial score (nSPS) is 26.6. The Bertz CT molecular complexity index is 280. The van der Waals surface area contributed by atoms with Crippen LogP contribution in [0.3, 0.4) is 0 Å². The summed E-state index contributed by atoms with van der Waals surface area (Å²) in [5.41, 5.74) is -0.276. The van der Waals surface area contributed by atoms with E-state index >= 15 is 0 Å². The highest BCUT2D eigenvalue weighted by Gasteiger charge is 2.52. The lowest BCUT2D eigenvalue weighted by Crippen LogP contribution is -2.47. The van der Waals surface area contributed by atoms with Crippen molar-refractivity contribution in [2.75, 3.05) is 26.7 Å². The van der Waals surface area contributed by atoms with Crippen molar-refractivity contribution in [2.24, 2.45) is 5.41 Å². The van der Waals surface area contributed by atoms with Gasteiger partial charge in [-0.3, -0.25) is 4.79 Å². The summed E-state index contributed by atoms with van der Waals surface area (Å²) in [4.78, 5) is 13.7. The largest absolute Gasteiger partial charge is 0.342 e. The summed E-state index contributed by atoms with van der Waals surface area (Å²) < 4.78 is 25.9. The second kappa shape index (κ2) is 3.95. The maximum Gasteiger partial charge on any atom is 0.251 e. The number of carbonyl (C=O) groups is 1. The fourth-order valence-corrected chi connectivity index (χ4v) is 2.33. The first-order valence-corrected chi connectivity index (χ1v) is 5.81. The topological polar surface area (TPSA) is 32.3 Å². The number of hydrogen-bond acceptors (Lipinski definition) is 2. The average molecular weight is 232 g/mol. The van der Waals surface area contributed by atoms with Crippen molar-refractivity contribution >= 4 is 5.91 Å². The van der Waals surface area contributed by atoms with Gasteiger partial charge in [0.05, 0.1) is 5.41 Å². The van der Waals surface area contributed by atoms with E-state index in [1.807, 2.05) is 7.05 Å². The van der Waals surface area contributed by atoms with E-state index in [1.165, 1.54) is 0 Å². The van der Waals surface area contributed by atoms with Crippen LogP contribution in [-0.2, 0) is 4.79 Å². The predicted octanol–water partition coefficient (Wildman–Crippen LogP) is 1.24. The molecule has 5 heteroatoms. The molecule has 0 aromatic rings. The molecule has 0 spiro atoms. The van der Waals surface area contributed by atoms with Crippen molar-refractivity contribution < 1.29 is 13.6 Å². The zero-order valence-electron chi connectivity index (χ0n) is 9.56. The zero-order chi connectivity index (χ0) is 11.8. The van der Waals surface area contributed by atoms with E-state index in [1.54, 1.807) is 4.90 Å². The second-order valence-corrected chi connectivity index (χ2v) is 4.96. The predicted molar refractivity (Wildman–Crippen MR) is 56.4 cm³/mol. The van der Waals surface area contributed by atoms with E-state index in [9.17, 15) is 13.6 Å². The van der Waals surface area contributed by atoms with E-state index in [2.05, 4.69) is 5.32 Å². The number of halogens is 2. The van der Waals surface area contributed by atoms with Crippen molar-refractivity contribution in [3.63, 3.8) is 0 Å². The molecule has 2 fully saturated rings. The SMILES string of the molecule is CNCC1(C(=O)N2CCC(F)(F)CC2)CC1. The van der Waals surface area contributed by atoms with Gasteiger partial charge in [-0.2, -0.15) is 0 Å². The molecule has 1 heterocycles. The van der Waals surface area contributed by atoms with Crippen molar-refractivity contribution in [1.82, 2.24) is 10.2 Å². The van der Waals surface area contributed by atoms with E-state index in [-0.39, 0.29) is 37.3 Å². The highest BCUT2D eigenvalue weighted by molar-refractivity contribution is 5.85. The van der Waals surface area contributed by atoms with Gasteiger partial charge in [0, 0.05) is 32.5 Å². The molecular weight excluding hydrogens is 214 g/mol. The lowest BCUT2D eigenvalue weighted by molar-refractivity contribution is -0.142. The molecule has 1 saturated heterocycles. The molecule has 0 atom stereocenters. The second-order valence-electron chi connectivity index (χ2n) is 4.96. The summed E-state index contributed by atoms with van der Waals surface area (Å²) in [6, 6.07) is 0. The molecule has 1 aliphatic carbocycles. The molecule has 0 aromatic heterocycles. The van der Waals surface area contributed by atoms with Crippen LogP contribution < -0.4 is 5.32 Å². The van der Waals surface area contributed by atoms with Crippen LogP contribution in [0, 0.1) is 5.41 Å². The summed E-state index contributed by atoms with van der Waals surface area (Å²) >= 11 is 0. The molecule has 1 N–H and O–H groups in total. The zero-order valence-corrected chi connectivity index (χ0v) is 9.56.